The van der Waals surface area contributed by atoms with Crippen molar-refractivity contribution >= 4 is 41.3 Å². The van der Waals surface area contributed by atoms with Gasteiger partial charge in [-0.15, -0.1) is 24.0 Å². The van der Waals surface area contributed by atoms with Gasteiger partial charge in [0, 0.05) is 45.9 Å². The molecular weight excluding hydrogens is 511 g/mol. The van der Waals surface area contributed by atoms with E-state index in [4.69, 9.17) is 9.47 Å². The van der Waals surface area contributed by atoms with Gasteiger partial charge in [-0.25, -0.2) is 0 Å². The number of thiophene rings is 1. The highest BCUT2D eigenvalue weighted by atomic mass is 127. The minimum absolute atomic E-state index is 0. The molecule has 1 aromatic carbocycles. The SMILES string of the molecule is CN=C(NCc1ccsc1)NCc1cccc(OCCN(C)C2CCOCC2)c1.I. The second-order valence-electron chi connectivity index (χ2n) is 7.23. The van der Waals surface area contributed by atoms with Crippen molar-refractivity contribution in [3.05, 3.63) is 52.2 Å². The van der Waals surface area contributed by atoms with E-state index in [0.717, 1.165) is 50.9 Å². The first-order chi connectivity index (χ1) is 14.2. The summed E-state index contributed by atoms with van der Waals surface area (Å²) in [5.41, 5.74) is 2.43. The predicted octanol–water partition coefficient (Wildman–Crippen LogP) is 3.72. The molecule has 1 aromatic heterocycles. The summed E-state index contributed by atoms with van der Waals surface area (Å²) in [7, 11) is 3.96. The Labute approximate surface area is 201 Å². The van der Waals surface area contributed by atoms with E-state index in [2.05, 4.69) is 56.5 Å². The summed E-state index contributed by atoms with van der Waals surface area (Å²) in [5.74, 6) is 1.70. The Bertz CT molecular complexity index is 751. The summed E-state index contributed by atoms with van der Waals surface area (Å²) >= 11 is 1.70. The first kappa shape index (κ1) is 24.9. The molecule has 1 saturated heterocycles. The third-order valence-electron chi connectivity index (χ3n) is 5.15. The second-order valence-corrected chi connectivity index (χ2v) is 8.01. The number of aliphatic imine (C=N–C) groups is 1. The maximum Gasteiger partial charge on any atom is 0.191 e. The van der Waals surface area contributed by atoms with Gasteiger partial charge >= 0.3 is 0 Å². The Morgan fingerprint density at radius 1 is 1.20 bits per heavy atom. The lowest BCUT2D eigenvalue weighted by molar-refractivity contribution is 0.0392. The minimum atomic E-state index is 0. The standard InChI is InChI=1S/C22H32N4O2S.HI/c1-23-22(25-16-19-8-13-29-17-19)24-15-18-4-3-5-21(14-18)28-12-9-26(2)20-6-10-27-11-7-20;/h3-5,8,13-14,17,20H,6-7,9-12,15-16H2,1-2H3,(H2,23,24,25);1H. The topological polar surface area (TPSA) is 58.1 Å². The van der Waals surface area contributed by atoms with E-state index in [-0.39, 0.29) is 24.0 Å². The molecule has 1 fully saturated rings. The zero-order valence-corrected chi connectivity index (χ0v) is 20.9. The first-order valence-electron chi connectivity index (χ1n) is 10.2. The van der Waals surface area contributed by atoms with Gasteiger partial charge in [0.25, 0.3) is 0 Å². The van der Waals surface area contributed by atoms with Crippen LogP contribution in [0.15, 0.2) is 46.1 Å². The van der Waals surface area contributed by atoms with Gasteiger partial charge in [-0.05, 0) is 60.0 Å². The molecule has 2 heterocycles. The number of rotatable bonds is 9. The summed E-state index contributed by atoms with van der Waals surface area (Å²) < 4.78 is 11.4. The number of benzene rings is 1. The molecule has 1 aliphatic heterocycles. The zero-order valence-electron chi connectivity index (χ0n) is 17.8. The summed E-state index contributed by atoms with van der Waals surface area (Å²) in [5, 5.41) is 10.9. The summed E-state index contributed by atoms with van der Waals surface area (Å²) in [6.07, 6.45) is 2.22. The van der Waals surface area contributed by atoms with Gasteiger partial charge < -0.3 is 20.1 Å². The van der Waals surface area contributed by atoms with Crippen molar-refractivity contribution in [2.45, 2.75) is 32.0 Å². The number of nitrogens with one attached hydrogen (secondary N) is 2. The molecule has 0 amide bonds. The van der Waals surface area contributed by atoms with Crippen LogP contribution in [0.25, 0.3) is 0 Å². The van der Waals surface area contributed by atoms with Crippen LogP contribution in [0.1, 0.15) is 24.0 Å². The Hall–Kier alpha value is -1.36. The molecular formula is C22H33IN4O2S. The zero-order chi connectivity index (χ0) is 20.3. The number of hydrogen-bond donors (Lipinski definition) is 2. The van der Waals surface area contributed by atoms with Crippen LogP contribution in [0.5, 0.6) is 5.75 Å². The Morgan fingerprint density at radius 2 is 1.97 bits per heavy atom. The lowest BCUT2D eigenvalue weighted by Gasteiger charge is -2.31. The number of hydrogen-bond acceptors (Lipinski definition) is 5. The maximum absolute atomic E-state index is 5.99. The van der Waals surface area contributed by atoms with E-state index in [9.17, 15) is 0 Å². The number of nitrogens with zero attached hydrogens (tertiary/aromatic N) is 2. The van der Waals surface area contributed by atoms with Crippen LogP contribution in [0.3, 0.4) is 0 Å². The third-order valence-corrected chi connectivity index (χ3v) is 5.88. The second kappa shape index (κ2) is 13.8. The molecule has 0 radical (unpaired) electrons. The van der Waals surface area contributed by atoms with Gasteiger partial charge in [0.15, 0.2) is 5.96 Å². The number of halogens is 1. The predicted molar refractivity (Wildman–Crippen MR) is 135 cm³/mol. The van der Waals surface area contributed by atoms with Crippen molar-refractivity contribution in [1.82, 2.24) is 15.5 Å². The summed E-state index contributed by atoms with van der Waals surface area (Å²) in [6.45, 7) is 4.82. The van der Waals surface area contributed by atoms with E-state index in [1.54, 1.807) is 18.4 Å². The highest BCUT2D eigenvalue weighted by Crippen LogP contribution is 2.15. The molecule has 1 aliphatic rings. The molecule has 166 valence electrons. The average molecular weight is 545 g/mol. The Morgan fingerprint density at radius 3 is 2.67 bits per heavy atom. The molecule has 30 heavy (non-hydrogen) atoms. The number of guanidine groups is 1. The van der Waals surface area contributed by atoms with E-state index >= 15 is 0 Å². The molecule has 8 heteroatoms. The van der Waals surface area contributed by atoms with Crippen molar-refractivity contribution in [3.8, 4) is 5.75 Å². The average Bonchev–Trinajstić information content (AvgIpc) is 3.28. The van der Waals surface area contributed by atoms with E-state index in [1.165, 1.54) is 11.1 Å². The minimum Gasteiger partial charge on any atom is -0.492 e. The quantitative estimate of drug-likeness (QED) is 0.287. The smallest absolute Gasteiger partial charge is 0.191 e. The lowest BCUT2D eigenvalue weighted by Crippen LogP contribution is -2.38. The van der Waals surface area contributed by atoms with Crippen LogP contribution in [0.2, 0.25) is 0 Å². The fourth-order valence-corrected chi connectivity index (χ4v) is 4.02. The molecule has 0 aliphatic carbocycles. The molecule has 0 saturated carbocycles. The molecule has 6 nitrogen and oxygen atoms in total. The van der Waals surface area contributed by atoms with Gasteiger partial charge in [-0.3, -0.25) is 9.89 Å². The van der Waals surface area contributed by atoms with E-state index in [1.807, 2.05) is 12.1 Å². The third kappa shape index (κ3) is 8.41. The van der Waals surface area contributed by atoms with Gasteiger partial charge in [-0.2, -0.15) is 11.3 Å². The van der Waals surface area contributed by atoms with Crippen molar-refractivity contribution in [3.63, 3.8) is 0 Å². The van der Waals surface area contributed by atoms with Crippen LogP contribution in [0.4, 0.5) is 0 Å². The first-order valence-corrected chi connectivity index (χ1v) is 11.1. The van der Waals surface area contributed by atoms with Crippen LogP contribution >= 0.6 is 35.3 Å². The molecule has 0 unspecified atom stereocenters. The van der Waals surface area contributed by atoms with Gasteiger partial charge in [-0.1, -0.05) is 12.1 Å². The van der Waals surface area contributed by atoms with Crippen molar-refractivity contribution in [2.75, 3.05) is 40.5 Å². The monoisotopic (exact) mass is 544 g/mol. The van der Waals surface area contributed by atoms with Crippen LogP contribution in [-0.2, 0) is 17.8 Å². The Kier molecular flexibility index (Phi) is 11.5. The number of likely N-dealkylation sites (N-methyl/N-ethyl adjacent to an activating group) is 1. The van der Waals surface area contributed by atoms with Gasteiger partial charge in [0.05, 0.1) is 0 Å². The normalized spacial score (nSPS) is 15.0. The van der Waals surface area contributed by atoms with Gasteiger partial charge in [0.2, 0.25) is 0 Å². The molecule has 0 bridgehead atoms. The van der Waals surface area contributed by atoms with Crippen molar-refractivity contribution < 1.29 is 9.47 Å². The summed E-state index contributed by atoms with van der Waals surface area (Å²) in [4.78, 5) is 6.68. The highest BCUT2D eigenvalue weighted by molar-refractivity contribution is 14.0. The molecule has 0 atom stereocenters. The van der Waals surface area contributed by atoms with Gasteiger partial charge in [0.1, 0.15) is 12.4 Å². The van der Waals surface area contributed by atoms with Crippen LogP contribution in [0, 0.1) is 0 Å². The molecule has 2 aromatic rings. The lowest BCUT2D eigenvalue weighted by atomic mass is 10.1. The fourth-order valence-electron chi connectivity index (χ4n) is 3.35. The van der Waals surface area contributed by atoms with Crippen molar-refractivity contribution in [1.29, 1.82) is 0 Å². The van der Waals surface area contributed by atoms with Crippen molar-refractivity contribution in [2.24, 2.45) is 4.99 Å². The molecule has 3 rings (SSSR count). The largest absolute Gasteiger partial charge is 0.492 e. The number of ether oxygens (including phenoxy) is 2. The summed E-state index contributed by atoms with van der Waals surface area (Å²) in [6, 6.07) is 11.0. The van der Waals surface area contributed by atoms with E-state index < -0.39 is 0 Å². The fraction of sp³-hybridized carbons (Fsp3) is 0.500. The van der Waals surface area contributed by atoms with Crippen LogP contribution < -0.4 is 15.4 Å². The highest BCUT2D eigenvalue weighted by Gasteiger charge is 2.17. The molecule has 0 spiro atoms. The molecule has 2 N–H and O–H groups in total. The Balaban J connectivity index is 0.00000320. The van der Waals surface area contributed by atoms with E-state index in [0.29, 0.717) is 19.2 Å². The van der Waals surface area contributed by atoms with Crippen LogP contribution in [-0.4, -0.2) is 57.4 Å². The maximum atomic E-state index is 5.99.